The van der Waals surface area contributed by atoms with Gasteiger partial charge in [-0.15, -0.1) is 0 Å². The zero-order valence-electron chi connectivity index (χ0n) is 15.3. The van der Waals surface area contributed by atoms with Crippen LogP contribution in [-0.4, -0.2) is 18.0 Å². The SMILES string of the molecule is O=C(N/N=C/c1c(Cl)cccc1Cl)c1ccc(NC(=O)C2CCCCC2)cc1. The van der Waals surface area contributed by atoms with Crippen molar-refractivity contribution >= 4 is 46.9 Å². The minimum Gasteiger partial charge on any atom is -0.326 e. The quantitative estimate of drug-likeness (QED) is 0.513. The van der Waals surface area contributed by atoms with E-state index >= 15 is 0 Å². The van der Waals surface area contributed by atoms with Crippen molar-refractivity contribution in [3.8, 4) is 0 Å². The summed E-state index contributed by atoms with van der Waals surface area (Å²) in [5.74, 6) is -0.231. The van der Waals surface area contributed by atoms with E-state index < -0.39 is 0 Å². The zero-order chi connectivity index (χ0) is 19.9. The summed E-state index contributed by atoms with van der Waals surface area (Å²) in [5, 5.41) is 7.73. The van der Waals surface area contributed by atoms with Crippen molar-refractivity contribution in [3.05, 3.63) is 63.6 Å². The highest BCUT2D eigenvalue weighted by Gasteiger charge is 2.21. The van der Waals surface area contributed by atoms with Crippen molar-refractivity contribution in [1.29, 1.82) is 0 Å². The average molecular weight is 418 g/mol. The fourth-order valence-electron chi connectivity index (χ4n) is 3.17. The van der Waals surface area contributed by atoms with Gasteiger partial charge in [-0.05, 0) is 49.2 Å². The van der Waals surface area contributed by atoms with Gasteiger partial charge >= 0.3 is 0 Å². The van der Waals surface area contributed by atoms with Crippen molar-refractivity contribution in [2.75, 3.05) is 5.32 Å². The Morgan fingerprint density at radius 2 is 1.61 bits per heavy atom. The lowest BCUT2D eigenvalue weighted by molar-refractivity contribution is -0.120. The van der Waals surface area contributed by atoms with Gasteiger partial charge in [0.2, 0.25) is 5.91 Å². The lowest BCUT2D eigenvalue weighted by atomic mass is 9.88. The summed E-state index contributed by atoms with van der Waals surface area (Å²) in [5.41, 5.74) is 4.08. The van der Waals surface area contributed by atoms with Crippen molar-refractivity contribution in [3.63, 3.8) is 0 Å². The minimum atomic E-state index is -0.371. The van der Waals surface area contributed by atoms with Gasteiger partial charge in [0.05, 0.1) is 16.3 Å². The van der Waals surface area contributed by atoms with Crippen LogP contribution in [0.5, 0.6) is 0 Å². The predicted molar refractivity (Wildman–Crippen MR) is 113 cm³/mol. The van der Waals surface area contributed by atoms with Gasteiger partial charge in [0.15, 0.2) is 0 Å². The molecule has 0 aliphatic heterocycles. The first-order chi connectivity index (χ1) is 13.5. The molecule has 0 heterocycles. The van der Waals surface area contributed by atoms with Gasteiger partial charge in [-0.1, -0.05) is 48.5 Å². The number of halogens is 2. The number of rotatable bonds is 5. The van der Waals surface area contributed by atoms with Crippen molar-refractivity contribution in [1.82, 2.24) is 5.43 Å². The molecule has 3 rings (SSSR count). The van der Waals surface area contributed by atoms with E-state index in [9.17, 15) is 9.59 Å². The van der Waals surface area contributed by atoms with Crippen LogP contribution in [0.2, 0.25) is 10.0 Å². The predicted octanol–water partition coefficient (Wildman–Crippen LogP) is 5.28. The fourth-order valence-corrected chi connectivity index (χ4v) is 3.66. The molecule has 1 aliphatic rings. The molecule has 0 spiro atoms. The Morgan fingerprint density at radius 3 is 2.25 bits per heavy atom. The number of hydrogen-bond donors (Lipinski definition) is 2. The van der Waals surface area contributed by atoms with E-state index in [-0.39, 0.29) is 17.7 Å². The van der Waals surface area contributed by atoms with Crippen LogP contribution in [0, 0.1) is 5.92 Å². The molecule has 0 saturated heterocycles. The maximum absolute atomic E-state index is 12.3. The Balaban J connectivity index is 1.56. The average Bonchev–Trinajstić information content (AvgIpc) is 2.71. The van der Waals surface area contributed by atoms with E-state index in [1.165, 1.54) is 12.6 Å². The molecule has 28 heavy (non-hydrogen) atoms. The molecule has 0 bridgehead atoms. The summed E-state index contributed by atoms with van der Waals surface area (Å²) in [7, 11) is 0. The van der Waals surface area contributed by atoms with Crippen LogP contribution in [0.1, 0.15) is 48.0 Å². The number of hydrogen-bond acceptors (Lipinski definition) is 3. The Bertz CT molecular complexity index is 855. The topological polar surface area (TPSA) is 70.6 Å². The summed E-state index contributed by atoms with van der Waals surface area (Å²) in [6, 6.07) is 11.8. The largest absolute Gasteiger partial charge is 0.326 e. The Labute approximate surface area is 174 Å². The molecule has 0 atom stereocenters. The molecule has 1 aliphatic carbocycles. The second-order valence-electron chi connectivity index (χ2n) is 6.74. The molecule has 2 N–H and O–H groups in total. The highest BCUT2D eigenvalue weighted by atomic mass is 35.5. The molecular formula is C21H21Cl2N3O2. The first-order valence-corrected chi connectivity index (χ1v) is 9.98. The molecular weight excluding hydrogens is 397 g/mol. The molecule has 0 unspecified atom stereocenters. The van der Waals surface area contributed by atoms with Crippen LogP contribution in [0.15, 0.2) is 47.6 Å². The molecule has 146 valence electrons. The fraction of sp³-hybridized carbons (Fsp3) is 0.286. The summed E-state index contributed by atoms with van der Waals surface area (Å²) < 4.78 is 0. The molecule has 0 aromatic heterocycles. The molecule has 1 saturated carbocycles. The summed E-state index contributed by atoms with van der Waals surface area (Å²) in [6.45, 7) is 0. The van der Waals surface area contributed by atoms with E-state index in [0.29, 0.717) is 26.9 Å². The van der Waals surface area contributed by atoms with Crippen LogP contribution >= 0.6 is 23.2 Å². The van der Waals surface area contributed by atoms with Crippen LogP contribution in [0.25, 0.3) is 0 Å². The van der Waals surface area contributed by atoms with Crippen LogP contribution in [-0.2, 0) is 4.79 Å². The maximum Gasteiger partial charge on any atom is 0.271 e. The number of amides is 2. The van der Waals surface area contributed by atoms with Gasteiger partial charge in [-0.2, -0.15) is 5.10 Å². The summed E-state index contributed by atoms with van der Waals surface area (Å²) in [4.78, 5) is 24.5. The maximum atomic E-state index is 12.3. The van der Waals surface area contributed by atoms with E-state index in [2.05, 4.69) is 15.8 Å². The van der Waals surface area contributed by atoms with Gasteiger partial charge in [-0.3, -0.25) is 9.59 Å². The first kappa shape index (κ1) is 20.4. The van der Waals surface area contributed by atoms with E-state index in [4.69, 9.17) is 23.2 Å². The monoisotopic (exact) mass is 417 g/mol. The zero-order valence-corrected chi connectivity index (χ0v) is 16.8. The van der Waals surface area contributed by atoms with E-state index in [0.717, 1.165) is 25.7 Å². The molecule has 2 aromatic rings. The van der Waals surface area contributed by atoms with Gasteiger partial charge in [0, 0.05) is 22.7 Å². The Morgan fingerprint density at radius 1 is 0.964 bits per heavy atom. The Kier molecular flexibility index (Phi) is 7.06. The number of carbonyl (C=O) groups excluding carboxylic acids is 2. The number of nitrogens with one attached hydrogen (secondary N) is 2. The third-order valence-electron chi connectivity index (χ3n) is 4.75. The minimum absolute atomic E-state index is 0.0538. The first-order valence-electron chi connectivity index (χ1n) is 9.23. The lowest BCUT2D eigenvalue weighted by Crippen LogP contribution is -2.24. The standard InChI is InChI=1S/C21H21Cl2N3O2/c22-18-7-4-8-19(23)17(18)13-24-26-21(28)15-9-11-16(12-10-15)25-20(27)14-5-2-1-3-6-14/h4,7-14H,1-3,5-6H2,(H,25,27)(H,26,28)/b24-13+. The van der Waals surface area contributed by atoms with Crippen LogP contribution in [0.4, 0.5) is 5.69 Å². The van der Waals surface area contributed by atoms with Crippen LogP contribution < -0.4 is 10.7 Å². The van der Waals surface area contributed by atoms with Gasteiger partial charge in [0.25, 0.3) is 5.91 Å². The normalized spacial score (nSPS) is 14.8. The molecule has 7 heteroatoms. The highest BCUT2D eigenvalue weighted by molar-refractivity contribution is 6.38. The van der Waals surface area contributed by atoms with Crippen molar-refractivity contribution in [2.45, 2.75) is 32.1 Å². The third-order valence-corrected chi connectivity index (χ3v) is 5.41. The van der Waals surface area contributed by atoms with Crippen molar-refractivity contribution in [2.24, 2.45) is 11.0 Å². The molecule has 5 nitrogen and oxygen atoms in total. The van der Waals surface area contributed by atoms with E-state index in [1.807, 2.05) is 0 Å². The third kappa shape index (κ3) is 5.33. The Hall–Kier alpha value is -2.37. The smallest absolute Gasteiger partial charge is 0.271 e. The number of carbonyl (C=O) groups is 2. The summed E-state index contributed by atoms with van der Waals surface area (Å²) >= 11 is 12.1. The summed E-state index contributed by atoms with van der Waals surface area (Å²) in [6.07, 6.45) is 6.72. The van der Waals surface area contributed by atoms with E-state index in [1.54, 1.807) is 42.5 Å². The number of nitrogens with zero attached hydrogens (tertiary/aromatic N) is 1. The second-order valence-corrected chi connectivity index (χ2v) is 7.55. The van der Waals surface area contributed by atoms with Crippen molar-refractivity contribution < 1.29 is 9.59 Å². The highest BCUT2D eigenvalue weighted by Crippen LogP contribution is 2.25. The molecule has 1 fully saturated rings. The van der Waals surface area contributed by atoms with Gasteiger partial charge < -0.3 is 5.32 Å². The molecule has 2 amide bonds. The lowest BCUT2D eigenvalue weighted by Gasteiger charge is -2.20. The van der Waals surface area contributed by atoms with Gasteiger partial charge in [0.1, 0.15) is 0 Å². The number of anilines is 1. The van der Waals surface area contributed by atoms with Crippen LogP contribution in [0.3, 0.4) is 0 Å². The molecule has 0 radical (unpaired) electrons. The number of hydrazone groups is 1. The van der Waals surface area contributed by atoms with Gasteiger partial charge in [-0.25, -0.2) is 5.43 Å². The number of benzene rings is 2. The second kappa shape index (κ2) is 9.71. The molecule has 2 aromatic carbocycles.